The zero-order chi connectivity index (χ0) is 12.9. The van der Waals surface area contributed by atoms with Crippen LogP contribution in [0.1, 0.15) is 20.3 Å². The lowest BCUT2D eigenvalue weighted by atomic mass is 9.89. The number of carbonyl (C=O) groups is 1. The van der Waals surface area contributed by atoms with E-state index in [1.54, 1.807) is 18.9 Å². The van der Waals surface area contributed by atoms with E-state index in [1.807, 2.05) is 38.1 Å². The van der Waals surface area contributed by atoms with Gasteiger partial charge in [0.25, 0.3) is 0 Å². The number of hydrogen-bond acceptors (Lipinski definition) is 3. The maximum atomic E-state index is 11.4. The van der Waals surface area contributed by atoms with E-state index in [-0.39, 0.29) is 5.91 Å². The first-order valence-electron chi connectivity index (χ1n) is 5.58. The molecule has 17 heavy (non-hydrogen) atoms. The Morgan fingerprint density at radius 3 is 2.41 bits per heavy atom. The minimum Gasteiger partial charge on any atom is -0.497 e. The molecule has 1 rings (SSSR count). The monoisotopic (exact) mass is 253 g/mol. The summed E-state index contributed by atoms with van der Waals surface area (Å²) < 4.78 is 5.09. The van der Waals surface area contributed by atoms with Crippen LogP contribution in [0.5, 0.6) is 5.75 Å². The van der Waals surface area contributed by atoms with Crippen LogP contribution in [-0.4, -0.2) is 18.8 Å². The normalized spacial score (nSPS) is 14.1. The number of primary amides is 1. The van der Waals surface area contributed by atoms with E-state index in [4.69, 9.17) is 10.5 Å². The molecule has 1 aromatic rings. The van der Waals surface area contributed by atoms with Crippen LogP contribution in [0.3, 0.4) is 0 Å². The molecule has 0 saturated heterocycles. The van der Waals surface area contributed by atoms with Gasteiger partial charge in [0.05, 0.1) is 12.5 Å². The molecular weight excluding hydrogens is 234 g/mol. The first-order valence-corrected chi connectivity index (χ1v) is 6.57. The first kappa shape index (κ1) is 13.9. The van der Waals surface area contributed by atoms with Crippen LogP contribution in [0.25, 0.3) is 0 Å². The molecule has 3 nitrogen and oxygen atoms in total. The van der Waals surface area contributed by atoms with Crippen molar-refractivity contribution in [3.05, 3.63) is 24.3 Å². The van der Waals surface area contributed by atoms with E-state index in [1.165, 1.54) is 0 Å². The van der Waals surface area contributed by atoms with Gasteiger partial charge in [0.1, 0.15) is 5.75 Å². The number of nitrogens with two attached hydrogens (primary N) is 1. The van der Waals surface area contributed by atoms with Crippen molar-refractivity contribution in [1.29, 1.82) is 0 Å². The predicted molar refractivity (Wildman–Crippen MR) is 71.3 cm³/mol. The zero-order valence-corrected chi connectivity index (χ0v) is 11.3. The van der Waals surface area contributed by atoms with Crippen molar-refractivity contribution in [2.75, 3.05) is 12.9 Å². The molecule has 94 valence electrons. The smallest absolute Gasteiger partial charge is 0.224 e. The van der Waals surface area contributed by atoms with Crippen molar-refractivity contribution in [2.24, 2.45) is 11.1 Å². The average Bonchev–Trinajstić information content (AvgIpc) is 2.36. The van der Waals surface area contributed by atoms with Crippen LogP contribution in [0.2, 0.25) is 0 Å². The molecule has 1 amide bonds. The third-order valence-electron chi connectivity index (χ3n) is 2.99. The van der Waals surface area contributed by atoms with Gasteiger partial charge >= 0.3 is 0 Å². The molecule has 0 spiro atoms. The summed E-state index contributed by atoms with van der Waals surface area (Å²) in [4.78, 5) is 12.5. The Labute approximate surface area is 107 Å². The predicted octanol–water partition coefficient (Wildman–Crippen LogP) is 2.69. The Kier molecular flexibility index (Phi) is 4.87. The fourth-order valence-corrected chi connectivity index (χ4v) is 2.42. The molecule has 1 aromatic carbocycles. The van der Waals surface area contributed by atoms with Crippen molar-refractivity contribution >= 4 is 17.7 Å². The van der Waals surface area contributed by atoms with Crippen molar-refractivity contribution in [1.82, 2.24) is 0 Å². The van der Waals surface area contributed by atoms with Crippen LogP contribution in [0.4, 0.5) is 0 Å². The third-order valence-corrected chi connectivity index (χ3v) is 4.38. The molecule has 0 saturated carbocycles. The molecule has 4 heteroatoms. The lowest BCUT2D eigenvalue weighted by Gasteiger charge is -2.23. The number of hydrogen-bond donors (Lipinski definition) is 1. The standard InChI is InChI=1S/C13H19NO2S/c1-4-13(2,12(14)15)9-17-11-7-5-10(16-3)6-8-11/h5-8H,4,9H2,1-3H3,(H2,14,15). The van der Waals surface area contributed by atoms with Gasteiger partial charge in [0, 0.05) is 10.6 Å². The Morgan fingerprint density at radius 2 is 2.00 bits per heavy atom. The van der Waals surface area contributed by atoms with Crippen molar-refractivity contribution in [3.8, 4) is 5.75 Å². The molecule has 0 aliphatic carbocycles. The number of thioether (sulfide) groups is 1. The lowest BCUT2D eigenvalue weighted by Crippen LogP contribution is -2.35. The van der Waals surface area contributed by atoms with Gasteiger partial charge in [-0.1, -0.05) is 6.92 Å². The average molecular weight is 253 g/mol. The fraction of sp³-hybridized carbons (Fsp3) is 0.462. The molecule has 0 radical (unpaired) electrons. The second-order valence-corrected chi connectivity index (χ2v) is 5.29. The van der Waals surface area contributed by atoms with E-state index in [0.717, 1.165) is 17.1 Å². The SMILES string of the molecule is CCC(C)(CSc1ccc(OC)cc1)C(N)=O. The molecule has 0 heterocycles. The Hall–Kier alpha value is -1.16. The van der Waals surface area contributed by atoms with Gasteiger partial charge in [-0.3, -0.25) is 4.79 Å². The zero-order valence-electron chi connectivity index (χ0n) is 10.5. The van der Waals surface area contributed by atoms with Gasteiger partial charge in [-0.2, -0.15) is 0 Å². The summed E-state index contributed by atoms with van der Waals surface area (Å²) in [6.07, 6.45) is 0.755. The fourth-order valence-electron chi connectivity index (χ4n) is 1.26. The van der Waals surface area contributed by atoms with Crippen molar-refractivity contribution < 1.29 is 9.53 Å². The molecule has 1 atom stereocenters. The number of benzene rings is 1. The van der Waals surface area contributed by atoms with Crippen LogP contribution >= 0.6 is 11.8 Å². The van der Waals surface area contributed by atoms with E-state index in [0.29, 0.717) is 5.75 Å². The van der Waals surface area contributed by atoms with Crippen LogP contribution < -0.4 is 10.5 Å². The summed E-state index contributed by atoms with van der Waals surface area (Å²) in [7, 11) is 1.64. The van der Waals surface area contributed by atoms with Crippen molar-refractivity contribution in [2.45, 2.75) is 25.2 Å². The minimum absolute atomic E-state index is 0.235. The molecule has 1 unspecified atom stereocenters. The van der Waals surface area contributed by atoms with Crippen LogP contribution in [-0.2, 0) is 4.79 Å². The second kappa shape index (κ2) is 5.96. The Balaban J connectivity index is 2.63. The highest BCUT2D eigenvalue weighted by Gasteiger charge is 2.28. The maximum Gasteiger partial charge on any atom is 0.224 e. The molecule has 0 aliphatic rings. The highest BCUT2D eigenvalue weighted by Crippen LogP contribution is 2.31. The Morgan fingerprint density at radius 1 is 1.41 bits per heavy atom. The quantitative estimate of drug-likeness (QED) is 0.793. The van der Waals surface area contributed by atoms with E-state index in [2.05, 4.69) is 0 Å². The van der Waals surface area contributed by atoms with Gasteiger partial charge in [-0.15, -0.1) is 11.8 Å². The maximum absolute atomic E-state index is 11.4. The summed E-state index contributed by atoms with van der Waals surface area (Å²) in [6.45, 7) is 3.89. The van der Waals surface area contributed by atoms with Gasteiger partial charge in [0.2, 0.25) is 5.91 Å². The minimum atomic E-state index is -0.440. The number of ether oxygens (including phenoxy) is 1. The molecular formula is C13H19NO2S. The van der Waals surface area contributed by atoms with Gasteiger partial charge in [-0.05, 0) is 37.6 Å². The first-order chi connectivity index (χ1) is 8.01. The number of amides is 1. The van der Waals surface area contributed by atoms with Crippen LogP contribution in [0.15, 0.2) is 29.2 Å². The number of methoxy groups -OCH3 is 1. The van der Waals surface area contributed by atoms with Crippen molar-refractivity contribution in [3.63, 3.8) is 0 Å². The summed E-state index contributed by atoms with van der Waals surface area (Å²) in [5.74, 6) is 1.30. The van der Waals surface area contributed by atoms with E-state index >= 15 is 0 Å². The lowest BCUT2D eigenvalue weighted by molar-refractivity contribution is -0.125. The Bertz CT molecular complexity index is 378. The van der Waals surface area contributed by atoms with Crippen LogP contribution in [0, 0.1) is 5.41 Å². The molecule has 0 aromatic heterocycles. The number of carbonyl (C=O) groups excluding carboxylic acids is 1. The summed E-state index contributed by atoms with van der Waals surface area (Å²) >= 11 is 1.64. The largest absolute Gasteiger partial charge is 0.497 e. The van der Waals surface area contributed by atoms with E-state index in [9.17, 15) is 4.79 Å². The summed E-state index contributed by atoms with van der Waals surface area (Å²) in [5, 5.41) is 0. The third kappa shape index (κ3) is 3.66. The number of rotatable bonds is 6. The highest BCUT2D eigenvalue weighted by molar-refractivity contribution is 7.99. The highest BCUT2D eigenvalue weighted by atomic mass is 32.2. The van der Waals surface area contributed by atoms with E-state index < -0.39 is 5.41 Å². The summed E-state index contributed by atoms with van der Waals surface area (Å²) in [6, 6.07) is 7.80. The molecule has 2 N–H and O–H groups in total. The summed E-state index contributed by atoms with van der Waals surface area (Å²) in [5.41, 5.74) is 4.98. The second-order valence-electron chi connectivity index (χ2n) is 4.24. The van der Waals surface area contributed by atoms with Gasteiger partial charge < -0.3 is 10.5 Å². The molecule has 0 fully saturated rings. The molecule has 0 aliphatic heterocycles. The van der Waals surface area contributed by atoms with Gasteiger partial charge in [0.15, 0.2) is 0 Å². The molecule has 0 bridgehead atoms. The van der Waals surface area contributed by atoms with Gasteiger partial charge in [-0.25, -0.2) is 0 Å². The topological polar surface area (TPSA) is 52.3 Å².